The second-order valence-corrected chi connectivity index (χ2v) is 6.60. The Balaban J connectivity index is 2.10. The molecule has 0 bridgehead atoms. The van der Waals surface area contributed by atoms with Gasteiger partial charge in [-0.15, -0.1) is 0 Å². The maximum Gasteiger partial charge on any atom is 0.329 e. The number of amides is 3. The number of urea groups is 1. The smallest absolute Gasteiger partial charge is 0.329 e. The molecule has 1 heterocycles. The van der Waals surface area contributed by atoms with Gasteiger partial charge in [-0.05, 0) is 32.3 Å². The predicted molar refractivity (Wildman–Crippen MR) is 88.2 cm³/mol. The molecule has 0 saturated carbocycles. The zero-order chi connectivity index (χ0) is 17.2. The number of carbonyl (C=O) groups excluding carboxylic acids is 2. The van der Waals surface area contributed by atoms with Crippen molar-refractivity contribution in [2.24, 2.45) is 0 Å². The van der Waals surface area contributed by atoms with E-state index in [4.69, 9.17) is 5.11 Å². The van der Waals surface area contributed by atoms with Gasteiger partial charge < -0.3 is 5.11 Å². The summed E-state index contributed by atoms with van der Waals surface area (Å²) in [5.41, 5.74) is -0.0873. The average molecular weight is 336 g/mol. The van der Waals surface area contributed by atoms with Crippen molar-refractivity contribution in [1.29, 1.82) is 0 Å². The van der Waals surface area contributed by atoms with Gasteiger partial charge in [0.15, 0.2) is 0 Å². The van der Waals surface area contributed by atoms with Crippen LogP contribution >= 0.6 is 12.6 Å². The molecule has 6 nitrogen and oxygen atoms in total. The Morgan fingerprint density at radius 1 is 1.26 bits per heavy atom. The summed E-state index contributed by atoms with van der Waals surface area (Å²) in [6.45, 7) is 2.59. The number of hydrogen-bond acceptors (Lipinski definition) is 4. The molecule has 1 fully saturated rings. The van der Waals surface area contributed by atoms with Crippen LogP contribution in [0.3, 0.4) is 0 Å². The highest BCUT2D eigenvalue weighted by atomic mass is 32.1. The van der Waals surface area contributed by atoms with E-state index in [0.29, 0.717) is 12.8 Å². The van der Waals surface area contributed by atoms with Crippen LogP contribution in [0.5, 0.6) is 0 Å². The first-order chi connectivity index (χ1) is 10.7. The third-order valence-corrected chi connectivity index (χ3v) is 4.47. The molecule has 2 rings (SSSR count). The van der Waals surface area contributed by atoms with Crippen LogP contribution in [0.15, 0.2) is 30.3 Å². The number of aliphatic carboxylic acids is 1. The lowest BCUT2D eigenvalue weighted by atomic mass is 10.0. The Labute approximate surface area is 140 Å². The number of benzene rings is 1. The van der Waals surface area contributed by atoms with Gasteiger partial charge in [-0.1, -0.05) is 30.3 Å². The van der Waals surface area contributed by atoms with Gasteiger partial charge in [0.25, 0.3) is 5.91 Å². The van der Waals surface area contributed by atoms with Gasteiger partial charge in [0.1, 0.15) is 12.1 Å². The number of nitrogens with zero attached hydrogens (tertiary/aromatic N) is 2. The largest absolute Gasteiger partial charge is 0.480 e. The second-order valence-electron chi connectivity index (χ2n) is 6.00. The van der Waals surface area contributed by atoms with Crippen molar-refractivity contribution in [3.05, 3.63) is 35.9 Å². The molecule has 0 radical (unpaired) electrons. The summed E-state index contributed by atoms with van der Waals surface area (Å²) in [6, 6.07) is 9.10. The van der Waals surface area contributed by atoms with Crippen LogP contribution in [-0.4, -0.2) is 50.3 Å². The van der Waals surface area contributed by atoms with E-state index in [1.165, 1.54) is 0 Å². The van der Waals surface area contributed by atoms with Gasteiger partial charge in [0.2, 0.25) is 0 Å². The van der Waals surface area contributed by atoms with Crippen LogP contribution in [0.2, 0.25) is 0 Å². The number of aryl methyl sites for hydroxylation is 1. The monoisotopic (exact) mass is 336 g/mol. The lowest BCUT2D eigenvalue weighted by Gasteiger charge is -2.25. The van der Waals surface area contributed by atoms with Crippen LogP contribution < -0.4 is 0 Å². The zero-order valence-electron chi connectivity index (χ0n) is 13.1. The van der Waals surface area contributed by atoms with Crippen molar-refractivity contribution in [2.75, 3.05) is 6.54 Å². The summed E-state index contributed by atoms with van der Waals surface area (Å²) in [4.78, 5) is 38.0. The van der Waals surface area contributed by atoms with E-state index in [0.717, 1.165) is 15.4 Å². The Kier molecular flexibility index (Phi) is 4.99. The number of carbonyl (C=O) groups is 3. The molecule has 1 aromatic rings. The van der Waals surface area contributed by atoms with Crippen molar-refractivity contribution in [3.8, 4) is 0 Å². The SMILES string of the molecule is CC1(C)C(=O)N(C(S)CCc2ccccc2)C(=O)N1CC(=O)O. The average Bonchev–Trinajstić information content (AvgIpc) is 2.66. The van der Waals surface area contributed by atoms with Crippen molar-refractivity contribution in [1.82, 2.24) is 9.80 Å². The van der Waals surface area contributed by atoms with E-state index < -0.39 is 35.4 Å². The number of thiol groups is 1. The molecule has 124 valence electrons. The fourth-order valence-corrected chi connectivity index (χ4v) is 2.93. The quantitative estimate of drug-likeness (QED) is 0.615. The molecule has 1 saturated heterocycles. The highest BCUT2D eigenvalue weighted by Crippen LogP contribution is 2.31. The number of hydrogen-bond donors (Lipinski definition) is 2. The van der Waals surface area contributed by atoms with E-state index in [2.05, 4.69) is 12.6 Å². The fourth-order valence-electron chi connectivity index (χ4n) is 2.60. The first-order valence-corrected chi connectivity index (χ1v) is 7.86. The molecule has 0 aliphatic carbocycles. The van der Waals surface area contributed by atoms with E-state index in [1.54, 1.807) is 13.8 Å². The van der Waals surface area contributed by atoms with E-state index >= 15 is 0 Å². The standard InChI is InChI=1S/C16H20N2O4S/c1-16(2)14(21)18(15(22)17(16)10-13(19)20)12(23)9-8-11-6-4-3-5-7-11/h3-7,12,23H,8-10H2,1-2H3,(H,19,20). The third-order valence-electron chi connectivity index (χ3n) is 3.98. The summed E-state index contributed by atoms with van der Waals surface area (Å²) in [6.07, 6.45) is 1.17. The van der Waals surface area contributed by atoms with E-state index in [9.17, 15) is 14.4 Å². The molecule has 1 unspecified atom stereocenters. The normalized spacial score (nSPS) is 18.4. The Morgan fingerprint density at radius 3 is 2.43 bits per heavy atom. The summed E-state index contributed by atoms with van der Waals surface area (Å²) >= 11 is 4.39. The molecular formula is C16H20N2O4S. The Morgan fingerprint density at radius 2 is 1.87 bits per heavy atom. The number of rotatable bonds is 6. The fraction of sp³-hybridized carbons (Fsp3) is 0.438. The maximum atomic E-state index is 12.5. The highest BCUT2D eigenvalue weighted by Gasteiger charge is 2.53. The molecule has 1 N–H and O–H groups in total. The molecule has 23 heavy (non-hydrogen) atoms. The van der Waals surface area contributed by atoms with Gasteiger partial charge in [0, 0.05) is 0 Å². The molecule has 1 aromatic carbocycles. The van der Waals surface area contributed by atoms with Crippen molar-refractivity contribution < 1.29 is 19.5 Å². The van der Waals surface area contributed by atoms with Gasteiger partial charge >= 0.3 is 12.0 Å². The van der Waals surface area contributed by atoms with Crippen LogP contribution in [0.25, 0.3) is 0 Å². The second kappa shape index (κ2) is 6.62. The lowest BCUT2D eigenvalue weighted by Crippen LogP contribution is -2.46. The van der Waals surface area contributed by atoms with Gasteiger partial charge in [-0.25, -0.2) is 9.69 Å². The molecule has 1 aliphatic rings. The van der Waals surface area contributed by atoms with Gasteiger partial charge in [-0.2, -0.15) is 12.6 Å². The topological polar surface area (TPSA) is 77.9 Å². The van der Waals surface area contributed by atoms with Crippen LogP contribution in [0.1, 0.15) is 25.8 Å². The molecule has 1 atom stereocenters. The summed E-state index contributed by atoms with van der Waals surface area (Å²) < 4.78 is 0. The highest BCUT2D eigenvalue weighted by molar-refractivity contribution is 7.80. The summed E-state index contributed by atoms with van der Waals surface area (Å²) in [5.74, 6) is -1.57. The minimum Gasteiger partial charge on any atom is -0.480 e. The third kappa shape index (κ3) is 3.50. The molecular weight excluding hydrogens is 316 g/mol. The number of imide groups is 1. The molecule has 0 aromatic heterocycles. The predicted octanol–water partition coefficient (Wildman–Crippen LogP) is 2.00. The first kappa shape index (κ1) is 17.3. The Hall–Kier alpha value is -2.02. The van der Waals surface area contributed by atoms with Crippen molar-refractivity contribution in [3.63, 3.8) is 0 Å². The van der Waals surface area contributed by atoms with Crippen LogP contribution in [-0.2, 0) is 16.0 Å². The molecule has 1 aliphatic heterocycles. The minimum atomic E-state index is -1.18. The molecule has 7 heteroatoms. The molecule has 3 amide bonds. The molecule has 0 spiro atoms. The van der Waals surface area contributed by atoms with Gasteiger partial charge in [-0.3, -0.25) is 14.5 Å². The lowest BCUT2D eigenvalue weighted by molar-refractivity contribution is -0.139. The first-order valence-electron chi connectivity index (χ1n) is 7.34. The zero-order valence-corrected chi connectivity index (χ0v) is 14.0. The van der Waals surface area contributed by atoms with Crippen molar-refractivity contribution >= 4 is 30.5 Å². The maximum absolute atomic E-state index is 12.5. The van der Waals surface area contributed by atoms with Crippen LogP contribution in [0.4, 0.5) is 4.79 Å². The minimum absolute atomic E-state index is 0.420. The van der Waals surface area contributed by atoms with Crippen LogP contribution in [0, 0.1) is 0 Å². The summed E-state index contributed by atoms with van der Waals surface area (Å²) in [5, 5.41) is 8.35. The van der Waals surface area contributed by atoms with E-state index in [-0.39, 0.29) is 0 Å². The van der Waals surface area contributed by atoms with Crippen molar-refractivity contribution in [2.45, 2.75) is 37.6 Å². The Bertz CT molecular complexity index is 618. The summed E-state index contributed by atoms with van der Waals surface area (Å²) in [7, 11) is 0. The van der Waals surface area contributed by atoms with E-state index in [1.807, 2.05) is 30.3 Å². The number of carboxylic acid groups (broad SMARTS) is 1. The number of carboxylic acids is 1. The van der Waals surface area contributed by atoms with Gasteiger partial charge in [0.05, 0.1) is 5.37 Å².